The third kappa shape index (κ3) is 6.43. The van der Waals surface area contributed by atoms with E-state index in [2.05, 4.69) is 30.4 Å². The molecule has 8 rings (SSSR count). The molecular weight excluding hydrogens is 724 g/mol. The van der Waals surface area contributed by atoms with Crippen LogP contribution in [0.3, 0.4) is 0 Å². The molecule has 0 fully saturated rings. The SMILES string of the molecule is O=C(Cn1nc(C(F)F)c2c1C(F)(F)CCC2(F)F)NC(Cc1cc(F)cc(F)c1)c1nc(-c2cnc3[nH]ccc3c2)ccc1-c1cnc2[nH]ccc2c1. The Bertz CT molecular complexity index is 2540. The first-order valence-electron chi connectivity index (χ1n) is 16.5. The molecule has 6 heterocycles. The van der Waals surface area contributed by atoms with E-state index in [1.54, 1.807) is 48.9 Å². The smallest absolute Gasteiger partial charge is 0.290 e. The summed E-state index contributed by atoms with van der Waals surface area (Å²) < 4.78 is 117. The third-order valence-corrected chi connectivity index (χ3v) is 9.30. The van der Waals surface area contributed by atoms with E-state index >= 15 is 8.78 Å². The van der Waals surface area contributed by atoms with Crippen LogP contribution in [0.25, 0.3) is 44.5 Å². The molecule has 0 bridgehead atoms. The molecule has 0 aliphatic heterocycles. The van der Waals surface area contributed by atoms with Crippen molar-refractivity contribution in [1.29, 1.82) is 0 Å². The highest BCUT2D eigenvalue weighted by atomic mass is 19.3. The van der Waals surface area contributed by atoms with Crippen LogP contribution < -0.4 is 5.32 Å². The molecule has 1 aromatic carbocycles. The number of hydrogen-bond acceptors (Lipinski definition) is 5. The van der Waals surface area contributed by atoms with E-state index in [0.717, 1.165) is 17.5 Å². The standard InChI is InChI=1S/C37H26F8N8O/c38-23-9-18(10-24(39)14-23)11-27(50-28(54)17-53-32-29(31(52-53)33(40)41)36(42,43)5-6-37(32,44)45)30-25(21-12-19-3-7-46-34(19)48-15-21)1-2-26(51-30)22-13-20-4-8-47-35(20)49-16-22/h1-4,7-10,12-16,27,33H,5-6,11,17H2,(H,46,48)(H,47,49)(H,50,54). The number of benzene rings is 1. The van der Waals surface area contributed by atoms with Gasteiger partial charge in [-0.15, -0.1) is 0 Å². The number of hydrogen-bond donors (Lipinski definition) is 3. The first-order chi connectivity index (χ1) is 25.8. The van der Waals surface area contributed by atoms with Crippen molar-refractivity contribution in [1.82, 2.24) is 40.0 Å². The van der Waals surface area contributed by atoms with Crippen molar-refractivity contribution >= 4 is 28.0 Å². The number of fused-ring (bicyclic) bond motifs is 3. The van der Waals surface area contributed by atoms with Gasteiger partial charge in [0, 0.05) is 71.2 Å². The van der Waals surface area contributed by atoms with Crippen LogP contribution in [0.15, 0.2) is 79.4 Å². The average molecular weight is 751 g/mol. The summed E-state index contributed by atoms with van der Waals surface area (Å²) >= 11 is 0. The number of rotatable bonds is 9. The van der Waals surface area contributed by atoms with Gasteiger partial charge in [-0.05, 0) is 54.4 Å². The van der Waals surface area contributed by atoms with E-state index in [1.165, 1.54) is 6.20 Å². The van der Waals surface area contributed by atoms with Crippen LogP contribution in [-0.2, 0) is 29.6 Å². The van der Waals surface area contributed by atoms with Gasteiger partial charge in [-0.1, -0.05) is 6.07 Å². The number of H-pyrrole nitrogens is 2. The monoisotopic (exact) mass is 750 g/mol. The summed E-state index contributed by atoms with van der Waals surface area (Å²) in [5.74, 6) is -11.0. The minimum atomic E-state index is -4.05. The fourth-order valence-corrected chi connectivity index (χ4v) is 6.91. The minimum absolute atomic E-state index is 0.0632. The number of carbonyl (C=O) groups is 1. The molecule has 7 aromatic rings. The number of halogens is 8. The summed E-state index contributed by atoms with van der Waals surface area (Å²) in [6.45, 7) is -1.17. The van der Waals surface area contributed by atoms with Crippen molar-refractivity contribution in [2.24, 2.45) is 0 Å². The van der Waals surface area contributed by atoms with Crippen molar-refractivity contribution in [3.05, 3.63) is 119 Å². The molecule has 276 valence electrons. The van der Waals surface area contributed by atoms with Gasteiger partial charge in [-0.2, -0.15) is 13.9 Å². The second kappa shape index (κ2) is 13.1. The quantitative estimate of drug-likeness (QED) is 0.128. The minimum Gasteiger partial charge on any atom is -0.346 e. The van der Waals surface area contributed by atoms with Gasteiger partial charge in [-0.25, -0.2) is 41.3 Å². The molecule has 9 nitrogen and oxygen atoms in total. The Kier molecular flexibility index (Phi) is 8.45. The molecule has 0 radical (unpaired) electrons. The van der Waals surface area contributed by atoms with Gasteiger partial charge in [0.1, 0.15) is 40.9 Å². The maximum absolute atomic E-state index is 15.2. The summed E-state index contributed by atoms with van der Waals surface area (Å²) in [7, 11) is 0. The predicted octanol–water partition coefficient (Wildman–Crippen LogP) is 8.66. The Morgan fingerprint density at radius 3 is 2.11 bits per heavy atom. The van der Waals surface area contributed by atoms with Gasteiger partial charge in [-0.3, -0.25) is 9.48 Å². The van der Waals surface area contributed by atoms with Crippen molar-refractivity contribution in [2.75, 3.05) is 0 Å². The molecule has 17 heteroatoms. The molecule has 3 N–H and O–H groups in total. The Labute approximate surface area is 299 Å². The molecular formula is C37H26F8N8O. The van der Waals surface area contributed by atoms with Gasteiger partial charge in [0.15, 0.2) is 0 Å². The average Bonchev–Trinajstić information content (AvgIpc) is 3.88. The van der Waals surface area contributed by atoms with Crippen molar-refractivity contribution < 1.29 is 39.9 Å². The molecule has 1 atom stereocenters. The molecule has 0 saturated heterocycles. The first-order valence-corrected chi connectivity index (χ1v) is 16.5. The fraction of sp³-hybridized carbons (Fsp3) is 0.216. The van der Waals surface area contributed by atoms with E-state index in [9.17, 15) is 31.1 Å². The lowest BCUT2D eigenvalue weighted by Gasteiger charge is -2.29. The lowest BCUT2D eigenvalue weighted by molar-refractivity contribution is -0.123. The number of nitrogens with zero attached hydrogens (tertiary/aromatic N) is 5. The molecule has 0 saturated carbocycles. The zero-order chi connectivity index (χ0) is 37.9. The summed E-state index contributed by atoms with van der Waals surface area (Å²) in [5.41, 5.74) is -1.39. The van der Waals surface area contributed by atoms with Gasteiger partial charge < -0.3 is 15.3 Å². The fourth-order valence-electron chi connectivity index (χ4n) is 6.91. The molecule has 6 aromatic heterocycles. The lowest BCUT2D eigenvalue weighted by atomic mass is 9.89. The van der Waals surface area contributed by atoms with Crippen LogP contribution in [0.2, 0.25) is 0 Å². The van der Waals surface area contributed by atoms with Crippen LogP contribution in [-0.4, -0.2) is 40.6 Å². The summed E-state index contributed by atoms with van der Waals surface area (Å²) in [6, 6.07) is 12.0. The van der Waals surface area contributed by atoms with Crippen LogP contribution in [0, 0.1) is 11.6 Å². The number of aromatic nitrogens is 7. The first kappa shape index (κ1) is 34.9. The Hall–Kier alpha value is -6.13. The normalized spacial score (nSPS) is 15.5. The van der Waals surface area contributed by atoms with Gasteiger partial charge in [0.2, 0.25) is 5.91 Å². The van der Waals surface area contributed by atoms with E-state index in [1.807, 2.05) is 6.07 Å². The maximum Gasteiger partial charge on any atom is 0.290 e. The highest BCUT2D eigenvalue weighted by Crippen LogP contribution is 2.52. The molecule has 1 aliphatic rings. The third-order valence-electron chi connectivity index (χ3n) is 9.30. The zero-order valence-corrected chi connectivity index (χ0v) is 27.7. The molecule has 0 spiro atoms. The number of alkyl halides is 6. The second-order valence-electron chi connectivity index (χ2n) is 13.0. The number of aromatic amines is 2. The highest BCUT2D eigenvalue weighted by molar-refractivity contribution is 5.84. The number of nitrogens with one attached hydrogen (secondary N) is 3. The molecule has 1 unspecified atom stereocenters. The van der Waals surface area contributed by atoms with Crippen molar-refractivity contribution in [3.8, 4) is 22.4 Å². The van der Waals surface area contributed by atoms with Gasteiger partial charge in [0.05, 0.1) is 23.0 Å². The van der Waals surface area contributed by atoms with Gasteiger partial charge >= 0.3 is 0 Å². The summed E-state index contributed by atoms with van der Waals surface area (Å²) in [6.07, 6.45) is -0.220. The van der Waals surface area contributed by atoms with Crippen LogP contribution >= 0.6 is 0 Å². The van der Waals surface area contributed by atoms with E-state index in [4.69, 9.17) is 4.98 Å². The Balaban J connectivity index is 1.25. The van der Waals surface area contributed by atoms with Crippen LogP contribution in [0.1, 0.15) is 53.5 Å². The number of pyridine rings is 3. The summed E-state index contributed by atoms with van der Waals surface area (Å²) in [4.78, 5) is 33.6. The topological polar surface area (TPSA) is 117 Å². The summed E-state index contributed by atoms with van der Waals surface area (Å²) in [5, 5.41) is 7.49. The van der Waals surface area contributed by atoms with Crippen molar-refractivity contribution in [2.45, 2.75) is 50.1 Å². The second-order valence-corrected chi connectivity index (χ2v) is 13.0. The lowest BCUT2D eigenvalue weighted by Crippen LogP contribution is -2.37. The maximum atomic E-state index is 15.2. The van der Waals surface area contributed by atoms with Gasteiger partial charge in [0.25, 0.3) is 18.3 Å². The molecule has 54 heavy (non-hydrogen) atoms. The van der Waals surface area contributed by atoms with E-state index < -0.39 is 78.2 Å². The van der Waals surface area contributed by atoms with Crippen LogP contribution in [0.4, 0.5) is 35.1 Å². The van der Waals surface area contributed by atoms with E-state index in [-0.39, 0.29) is 22.4 Å². The molecule has 1 amide bonds. The zero-order valence-electron chi connectivity index (χ0n) is 27.7. The van der Waals surface area contributed by atoms with Crippen molar-refractivity contribution in [3.63, 3.8) is 0 Å². The Morgan fingerprint density at radius 2 is 1.44 bits per heavy atom. The van der Waals surface area contributed by atoms with Crippen LogP contribution in [0.5, 0.6) is 0 Å². The number of amides is 1. The Morgan fingerprint density at radius 1 is 0.815 bits per heavy atom. The largest absolute Gasteiger partial charge is 0.346 e. The predicted molar refractivity (Wildman–Crippen MR) is 180 cm³/mol. The number of carbonyl (C=O) groups excluding carboxylic acids is 1. The highest BCUT2D eigenvalue weighted by Gasteiger charge is 2.55. The van der Waals surface area contributed by atoms with E-state index in [0.29, 0.717) is 45.1 Å². The molecule has 1 aliphatic carbocycles.